The highest BCUT2D eigenvalue weighted by atomic mass is 35.5. The molecule has 1 aromatic heterocycles. The Labute approximate surface area is 194 Å². The maximum Gasteiger partial charge on any atom is 0.397 e. The van der Waals surface area contributed by atoms with E-state index < -0.39 is 44.0 Å². The van der Waals surface area contributed by atoms with Crippen molar-refractivity contribution in [1.29, 1.82) is 0 Å². The van der Waals surface area contributed by atoms with Gasteiger partial charge >= 0.3 is 15.7 Å². The zero-order valence-corrected chi connectivity index (χ0v) is 18.7. The molecule has 0 aliphatic heterocycles. The highest BCUT2D eigenvalue weighted by Gasteiger charge is 2.27. The lowest BCUT2D eigenvalue weighted by Crippen LogP contribution is -2.34. The van der Waals surface area contributed by atoms with Crippen molar-refractivity contribution in [3.8, 4) is 22.9 Å². The number of hydrogen-bond acceptors (Lipinski definition) is 7. The van der Waals surface area contributed by atoms with Crippen LogP contribution in [0.4, 0.5) is 8.78 Å². The fourth-order valence-electron chi connectivity index (χ4n) is 2.55. The number of benzene rings is 2. The maximum absolute atomic E-state index is 13.0. The van der Waals surface area contributed by atoms with E-state index in [0.717, 1.165) is 24.3 Å². The van der Waals surface area contributed by atoms with Crippen LogP contribution >= 0.6 is 23.2 Å². The maximum atomic E-state index is 13.0. The van der Waals surface area contributed by atoms with Crippen molar-refractivity contribution < 1.29 is 31.0 Å². The molecule has 0 spiro atoms. The Morgan fingerprint density at radius 3 is 2.36 bits per heavy atom. The molecule has 3 aromatic rings. The minimum absolute atomic E-state index is 0.0795. The van der Waals surface area contributed by atoms with Crippen molar-refractivity contribution in [1.82, 2.24) is 14.8 Å². The number of aromatic nitrogens is 3. The van der Waals surface area contributed by atoms with Crippen molar-refractivity contribution in [2.45, 2.75) is 11.3 Å². The van der Waals surface area contributed by atoms with Gasteiger partial charge in [0.25, 0.3) is 12.0 Å². The Morgan fingerprint density at radius 2 is 1.82 bits per heavy atom. The van der Waals surface area contributed by atoms with Crippen molar-refractivity contribution >= 4 is 39.9 Å². The fraction of sp³-hybridized carbons (Fsp3) is 0.111. The van der Waals surface area contributed by atoms with Crippen LogP contribution in [0.5, 0.6) is 17.2 Å². The van der Waals surface area contributed by atoms with Gasteiger partial charge in [0.2, 0.25) is 0 Å². The van der Waals surface area contributed by atoms with Gasteiger partial charge in [-0.2, -0.15) is 18.2 Å². The summed E-state index contributed by atoms with van der Waals surface area (Å²) in [5, 5.41) is 12.8. The third kappa shape index (κ3) is 4.74. The molecule has 0 aliphatic carbocycles. The Balaban J connectivity index is 2.06. The molecular weight excluding hydrogens is 509 g/mol. The third-order valence-corrected chi connectivity index (χ3v) is 6.39. The summed E-state index contributed by atoms with van der Waals surface area (Å²) in [5.41, 5.74) is -3.80. The number of H-pyrrole nitrogens is 1. The van der Waals surface area contributed by atoms with Gasteiger partial charge in [0.05, 0.1) is 15.7 Å². The summed E-state index contributed by atoms with van der Waals surface area (Å²) in [4.78, 5) is 24.7. The minimum atomic E-state index is -4.12. The smallest absolute Gasteiger partial charge is 0.397 e. The van der Waals surface area contributed by atoms with E-state index in [-0.39, 0.29) is 27.2 Å². The number of phenols is 1. The van der Waals surface area contributed by atoms with Gasteiger partial charge in [-0.1, -0.05) is 23.2 Å². The van der Waals surface area contributed by atoms with Crippen LogP contribution in [-0.2, 0) is 10.0 Å². The van der Waals surface area contributed by atoms with Crippen LogP contribution in [0.3, 0.4) is 0 Å². The van der Waals surface area contributed by atoms with Crippen molar-refractivity contribution in [2.24, 2.45) is 0 Å². The Hall–Kier alpha value is -3.29. The van der Waals surface area contributed by atoms with Crippen molar-refractivity contribution in [3.63, 3.8) is 0 Å². The van der Waals surface area contributed by atoms with Crippen LogP contribution in [-0.4, -0.2) is 46.0 Å². The topological polar surface area (TPSA) is 134 Å². The summed E-state index contributed by atoms with van der Waals surface area (Å²) in [6.07, 6.45) is -3.24. The molecule has 0 atom stereocenters. The molecule has 33 heavy (non-hydrogen) atoms. The van der Waals surface area contributed by atoms with Crippen LogP contribution in [0.25, 0.3) is 5.69 Å². The van der Waals surface area contributed by atoms with Crippen LogP contribution in [0.15, 0.2) is 44.8 Å². The number of nitrogens with one attached hydrogen (secondary N) is 1. The molecule has 2 aromatic carbocycles. The van der Waals surface area contributed by atoms with Crippen LogP contribution in [0.1, 0.15) is 12.1 Å². The molecule has 10 nitrogen and oxygen atoms in total. The second kappa shape index (κ2) is 8.92. The summed E-state index contributed by atoms with van der Waals surface area (Å²) < 4.78 is 57.2. The number of halogens is 4. The molecule has 2 N–H and O–H groups in total. The SMILES string of the molecule is C=[N+](C)S(=O)(=O)c1cc(Oc2c(Cl)cc(-n3nc(C(F)F)c(=O)[nH]c3=O)cc2Cl)ccc1O. The Kier molecular flexibility index (Phi) is 6.58. The molecule has 0 bridgehead atoms. The largest absolute Gasteiger partial charge is 0.506 e. The number of phenolic OH excluding ortho intramolecular Hbond substituents is 1. The quantitative estimate of drug-likeness (QED) is 0.376. The van der Waals surface area contributed by atoms with Gasteiger partial charge in [0.15, 0.2) is 23.4 Å². The highest BCUT2D eigenvalue weighted by Crippen LogP contribution is 2.39. The predicted octanol–water partition coefficient (Wildman–Crippen LogP) is 2.69. The van der Waals surface area contributed by atoms with E-state index in [0.29, 0.717) is 8.66 Å². The second-order valence-corrected chi connectivity index (χ2v) is 9.26. The van der Waals surface area contributed by atoms with E-state index in [9.17, 15) is 31.9 Å². The molecule has 0 amide bonds. The standard InChI is InChI=1S/C18H12Cl2F2N4O6S/c1-25(2)33(30,31)13-7-9(3-4-12(13)27)32-15-10(19)5-8(6-11(15)20)26-18(29)23-17(28)14(24-26)16(21)22/h3-7,16H,1H2,2H3,(H-,23,27,28,29)/p+1. The molecule has 174 valence electrons. The summed E-state index contributed by atoms with van der Waals surface area (Å²) >= 11 is 12.3. The lowest BCUT2D eigenvalue weighted by atomic mass is 10.3. The molecule has 1 heterocycles. The van der Waals surface area contributed by atoms with E-state index in [1.807, 2.05) is 0 Å². The zero-order valence-electron chi connectivity index (χ0n) is 16.4. The number of aromatic hydroxyl groups is 1. The molecule has 0 radical (unpaired) electrons. The second-order valence-electron chi connectivity index (χ2n) is 6.43. The normalized spacial score (nSPS) is 11.6. The third-order valence-electron chi connectivity index (χ3n) is 4.13. The first-order chi connectivity index (χ1) is 15.3. The number of rotatable bonds is 6. The van der Waals surface area contributed by atoms with Gasteiger partial charge in [-0.05, 0) is 24.3 Å². The Morgan fingerprint density at radius 1 is 1.21 bits per heavy atom. The summed E-state index contributed by atoms with van der Waals surface area (Å²) in [6.45, 7) is 3.29. The number of sulfonamides is 1. The van der Waals surface area contributed by atoms with Crippen molar-refractivity contribution in [3.05, 3.63) is 66.9 Å². The van der Waals surface area contributed by atoms with Gasteiger partial charge in [0, 0.05) is 6.07 Å². The lowest BCUT2D eigenvalue weighted by molar-refractivity contribution is -0.316. The van der Waals surface area contributed by atoms with E-state index in [2.05, 4.69) is 11.8 Å². The van der Waals surface area contributed by atoms with E-state index in [4.69, 9.17) is 27.9 Å². The van der Waals surface area contributed by atoms with Gasteiger partial charge in [-0.15, -0.1) is 3.98 Å². The lowest BCUT2D eigenvalue weighted by Gasteiger charge is -2.13. The molecule has 3 rings (SSSR count). The molecule has 0 unspecified atom stereocenters. The predicted molar refractivity (Wildman–Crippen MR) is 114 cm³/mol. The summed E-state index contributed by atoms with van der Waals surface area (Å²) in [7, 11) is -2.95. The fourth-order valence-corrected chi connectivity index (χ4v) is 4.03. The minimum Gasteiger partial charge on any atom is -0.506 e. The number of hydrogen-bond donors (Lipinski definition) is 2. The molecule has 15 heteroatoms. The van der Waals surface area contributed by atoms with E-state index in [1.54, 1.807) is 4.98 Å². The van der Waals surface area contributed by atoms with Gasteiger partial charge in [-0.3, -0.25) is 9.78 Å². The summed E-state index contributed by atoms with van der Waals surface area (Å²) in [6, 6.07) is 5.52. The van der Waals surface area contributed by atoms with Gasteiger partial charge < -0.3 is 9.84 Å². The van der Waals surface area contributed by atoms with Gasteiger partial charge in [-0.25, -0.2) is 13.6 Å². The molecule has 0 fully saturated rings. The van der Waals surface area contributed by atoms with Gasteiger partial charge in [0.1, 0.15) is 18.2 Å². The molecule has 0 saturated heterocycles. The number of nitrogens with zero attached hydrogens (tertiary/aromatic N) is 3. The number of alkyl halides is 2. The monoisotopic (exact) mass is 521 g/mol. The summed E-state index contributed by atoms with van der Waals surface area (Å²) in [5.74, 6) is -0.807. The van der Waals surface area contributed by atoms with E-state index >= 15 is 0 Å². The number of ether oxygens (including phenoxy) is 1. The van der Waals surface area contributed by atoms with E-state index in [1.165, 1.54) is 13.1 Å². The first-order valence-electron chi connectivity index (χ1n) is 8.64. The average Bonchev–Trinajstić information content (AvgIpc) is 2.71. The molecule has 0 saturated carbocycles. The Bertz CT molecular complexity index is 1480. The average molecular weight is 522 g/mol. The van der Waals surface area contributed by atoms with Crippen LogP contribution < -0.4 is 16.0 Å². The molecule has 0 aliphatic rings. The first kappa shape index (κ1) is 24.4. The van der Waals surface area contributed by atoms with Crippen LogP contribution in [0, 0.1) is 0 Å². The highest BCUT2D eigenvalue weighted by molar-refractivity contribution is 7.85. The molecular formula is C18H13Cl2F2N4O6S+. The number of aromatic amines is 1. The van der Waals surface area contributed by atoms with Crippen LogP contribution in [0.2, 0.25) is 10.0 Å². The van der Waals surface area contributed by atoms with Crippen molar-refractivity contribution in [2.75, 3.05) is 7.05 Å². The first-order valence-corrected chi connectivity index (χ1v) is 10.8. The zero-order chi connectivity index (χ0) is 24.7.